The Balaban J connectivity index is 2.04. The van der Waals surface area contributed by atoms with Gasteiger partial charge in [0.25, 0.3) is 11.8 Å². The minimum Gasteiger partial charge on any atom is -0.467 e. The highest BCUT2D eigenvalue weighted by molar-refractivity contribution is 6.05. The van der Waals surface area contributed by atoms with Crippen LogP contribution in [0.3, 0.4) is 0 Å². The first-order valence-electron chi connectivity index (χ1n) is 7.99. The molecule has 0 heterocycles. The number of esters is 1. The second-order valence-electron chi connectivity index (χ2n) is 5.99. The van der Waals surface area contributed by atoms with Gasteiger partial charge < -0.3 is 20.5 Å². The van der Waals surface area contributed by atoms with Gasteiger partial charge in [-0.05, 0) is 49.4 Å². The minimum atomic E-state index is -1.86. The minimum absolute atomic E-state index is 0.215. The third-order valence-electron chi connectivity index (χ3n) is 3.71. The Kier molecular flexibility index (Phi) is 6.25. The first-order valence-corrected chi connectivity index (χ1v) is 7.99. The molecule has 142 valence electrons. The largest absolute Gasteiger partial charge is 0.467 e. The lowest BCUT2D eigenvalue weighted by Gasteiger charge is -2.20. The van der Waals surface area contributed by atoms with Crippen molar-refractivity contribution in [3.63, 3.8) is 0 Å². The van der Waals surface area contributed by atoms with Gasteiger partial charge in [0.2, 0.25) is 0 Å². The summed E-state index contributed by atoms with van der Waals surface area (Å²) in [6, 6.07) is 11.1. The van der Waals surface area contributed by atoms with Crippen molar-refractivity contribution >= 4 is 23.5 Å². The highest BCUT2D eigenvalue weighted by Crippen LogP contribution is 2.13. The lowest BCUT2D eigenvalue weighted by Crippen LogP contribution is -2.47. The topological polar surface area (TPSA) is 105 Å². The van der Waals surface area contributed by atoms with Crippen molar-refractivity contribution in [2.45, 2.75) is 12.5 Å². The molecule has 0 aliphatic heterocycles. The van der Waals surface area contributed by atoms with E-state index in [2.05, 4.69) is 15.4 Å². The van der Waals surface area contributed by atoms with Crippen molar-refractivity contribution in [1.29, 1.82) is 0 Å². The van der Waals surface area contributed by atoms with Gasteiger partial charge in [-0.2, -0.15) is 0 Å². The van der Waals surface area contributed by atoms with Crippen LogP contribution in [0, 0.1) is 5.82 Å². The zero-order chi connectivity index (χ0) is 20.0. The maximum Gasteiger partial charge on any atom is 0.339 e. The highest BCUT2D eigenvalue weighted by Gasteiger charge is 2.31. The number of hydrogen-bond donors (Lipinski definition) is 3. The summed E-state index contributed by atoms with van der Waals surface area (Å²) in [5.74, 6) is -2.32. The molecule has 2 rings (SSSR count). The van der Waals surface area contributed by atoms with Crippen LogP contribution in [0.15, 0.2) is 48.5 Å². The van der Waals surface area contributed by atoms with Crippen molar-refractivity contribution in [2.24, 2.45) is 0 Å². The summed E-state index contributed by atoms with van der Waals surface area (Å²) >= 11 is 0. The van der Waals surface area contributed by atoms with Crippen LogP contribution in [0.25, 0.3) is 0 Å². The number of ether oxygens (including phenoxy) is 1. The van der Waals surface area contributed by atoms with E-state index in [0.717, 1.165) is 7.11 Å². The maximum atomic E-state index is 12.9. The molecule has 0 unspecified atom stereocenters. The highest BCUT2D eigenvalue weighted by atomic mass is 19.1. The fourth-order valence-electron chi connectivity index (χ4n) is 2.19. The molecule has 0 saturated heterocycles. The fourth-order valence-corrected chi connectivity index (χ4v) is 2.19. The zero-order valence-corrected chi connectivity index (χ0v) is 14.8. The van der Waals surface area contributed by atoms with Crippen LogP contribution >= 0.6 is 0 Å². The van der Waals surface area contributed by atoms with Crippen molar-refractivity contribution in [3.8, 4) is 0 Å². The normalized spacial score (nSPS) is 12.6. The number of rotatable bonds is 6. The Morgan fingerprint density at radius 3 is 2.37 bits per heavy atom. The Bertz CT molecular complexity index is 849. The summed E-state index contributed by atoms with van der Waals surface area (Å²) in [6.45, 7) is 0.878. The Morgan fingerprint density at radius 1 is 1.07 bits per heavy atom. The molecule has 0 aliphatic rings. The van der Waals surface area contributed by atoms with Gasteiger partial charge in [0.15, 0.2) is 5.60 Å². The van der Waals surface area contributed by atoms with Gasteiger partial charge in [0.1, 0.15) is 5.82 Å². The summed E-state index contributed by atoms with van der Waals surface area (Å²) in [5.41, 5.74) is -1.02. The Hall–Kier alpha value is -3.26. The standard InChI is InChI=1S/C19H19FN2O5/c1-19(26,18(25)27-2)11-21-16(23)13-4-3-5-15(10-13)22-17(24)12-6-8-14(20)9-7-12/h3-10,26H,11H2,1-2H3,(H,21,23)(H,22,24)/t19-/m0/s1. The van der Waals surface area contributed by atoms with Gasteiger partial charge in [-0.15, -0.1) is 0 Å². The predicted octanol–water partition coefficient (Wildman–Crippen LogP) is 1.73. The molecule has 0 aromatic heterocycles. The first-order chi connectivity index (χ1) is 12.7. The van der Waals surface area contributed by atoms with Crippen LogP contribution in [0.5, 0.6) is 0 Å². The third kappa shape index (κ3) is 5.35. The van der Waals surface area contributed by atoms with E-state index in [-0.39, 0.29) is 17.7 Å². The number of halogens is 1. The van der Waals surface area contributed by atoms with Crippen molar-refractivity contribution in [3.05, 3.63) is 65.5 Å². The summed E-state index contributed by atoms with van der Waals surface area (Å²) in [6.07, 6.45) is 0. The predicted molar refractivity (Wildman–Crippen MR) is 95.8 cm³/mol. The van der Waals surface area contributed by atoms with Crippen molar-refractivity contribution in [1.82, 2.24) is 5.32 Å². The summed E-state index contributed by atoms with van der Waals surface area (Å²) in [5, 5.41) is 15.0. The maximum absolute atomic E-state index is 12.9. The van der Waals surface area contributed by atoms with Crippen LogP contribution in [0.2, 0.25) is 0 Å². The van der Waals surface area contributed by atoms with Crippen molar-refractivity contribution in [2.75, 3.05) is 19.0 Å². The number of methoxy groups -OCH3 is 1. The monoisotopic (exact) mass is 374 g/mol. The lowest BCUT2D eigenvalue weighted by molar-refractivity contribution is -0.159. The van der Waals surface area contributed by atoms with Crippen LogP contribution in [-0.4, -0.2) is 42.1 Å². The van der Waals surface area contributed by atoms with Crippen LogP contribution in [-0.2, 0) is 9.53 Å². The number of nitrogens with one attached hydrogen (secondary N) is 2. The molecule has 1 atom stereocenters. The lowest BCUT2D eigenvalue weighted by atomic mass is 10.1. The van der Waals surface area contributed by atoms with E-state index in [1.165, 1.54) is 43.3 Å². The van der Waals surface area contributed by atoms with Gasteiger partial charge in [-0.1, -0.05) is 6.07 Å². The summed E-state index contributed by atoms with van der Waals surface area (Å²) in [4.78, 5) is 35.8. The van der Waals surface area contributed by atoms with E-state index in [9.17, 15) is 23.9 Å². The number of hydrogen-bond acceptors (Lipinski definition) is 5. The quantitative estimate of drug-likeness (QED) is 0.668. The van der Waals surface area contributed by atoms with Gasteiger partial charge in [0, 0.05) is 16.8 Å². The van der Waals surface area contributed by atoms with E-state index in [1.807, 2.05) is 0 Å². The van der Waals surface area contributed by atoms with Crippen LogP contribution < -0.4 is 10.6 Å². The van der Waals surface area contributed by atoms with Gasteiger partial charge in [-0.3, -0.25) is 9.59 Å². The average molecular weight is 374 g/mol. The number of carbonyl (C=O) groups is 3. The molecule has 2 aromatic carbocycles. The summed E-state index contributed by atoms with van der Waals surface area (Å²) < 4.78 is 17.4. The molecule has 0 radical (unpaired) electrons. The number of anilines is 1. The van der Waals surface area contributed by atoms with E-state index < -0.39 is 29.2 Å². The smallest absolute Gasteiger partial charge is 0.339 e. The van der Waals surface area contributed by atoms with Crippen molar-refractivity contribution < 1.29 is 28.6 Å². The van der Waals surface area contributed by atoms with Gasteiger partial charge in [-0.25, -0.2) is 9.18 Å². The molecular formula is C19H19FN2O5. The Labute approximate surface area is 155 Å². The molecule has 3 N–H and O–H groups in total. The molecule has 0 spiro atoms. The van der Waals surface area contributed by atoms with Gasteiger partial charge >= 0.3 is 5.97 Å². The van der Waals surface area contributed by atoms with Gasteiger partial charge in [0.05, 0.1) is 13.7 Å². The molecule has 0 bridgehead atoms. The second-order valence-corrected chi connectivity index (χ2v) is 5.99. The molecule has 2 aromatic rings. The second kappa shape index (κ2) is 8.41. The molecular weight excluding hydrogens is 355 g/mol. The molecule has 7 nitrogen and oxygen atoms in total. The molecule has 0 saturated carbocycles. The molecule has 27 heavy (non-hydrogen) atoms. The number of aliphatic hydroxyl groups is 1. The van der Waals surface area contributed by atoms with E-state index in [1.54, 1.807) is 12.1 Å². The average Bonchev–Trinajstić information content (AvgIpc) is 2.66. The van der Waals surface area contributed by atoms with Crippen LogP contribution in [0.4, 0.5) is 10.1 Å². The number of amides is 2. The summed E-state index contributed by atoms with van der Waals surface area (Å²) in [7, 11) is 1.13. The SMILES string of the molecule is COC(=O)[C@@](C)(O)CNC(=O)c1cccc(NC(=O)c2ccc(F)cc2)c1. The van der Waals surface area contributed by atoms with E-state index in [0.29, 0.717) is 5.69 Å². The third-order valence-corrected chi connectivity index (χ3v) is 3.71. The number of benzene rings is 2. The zero-order valence-electron chi connectivity index (χ0n) is 14.8. The molecule has 2 amide bonds. The first kappa shape index (κ1) is 20.1. The molecule has 0 aliphatic carbocycles. The van der Waals surface area contributed by atoms with E-state index in [4.69, 9.17) is 0 Å². The van der Waals surface area contributed by atoms with E-state index >= 15 is 0 Å². The van der Waals surface area contributed by atoms with Crippen LogP contribution in [0.1, 0.15) is 27.6 Å². The molecule has 8 heteroatoms. The molecule has 0 fully saturated rings. The Morgan fingerprint density at radius 2 is 1.74 bits per heavy atom. The number of carbonyl (C=O) groups excluding carboxylic acids is 3. The fraction of sp³-hybridized carbons (Fsp3) is 0.211.